The maximum Gasteiger partial charge on any atom is 0.191 e. The van der Waals surface area contributed by atoms with Crippen molar-refractivity contribution in [1.29, 1.82) is 0 Å². The van der Waals surface area contributed by atoms with Crippen LogP contribution in [-0.4, -0.2) is 88.3 Å². The van der Waals surface area contributed by atoms with Gasteiger partial charge in [0, 0.05) is 71.1 Å². The zero-order valence-electron chi connectivity index (χ0n) is 19.4. The van der Waals surface area contributed by atoms with E-state index in [2.05, 4.69) is 89.3 Å². The summed E-state index contributed by atoms with van der Waals surface area (Å²) in [4.78, 5) is 11.9. The van der Waals surface area contributed by atoms with Gasteiger partial charge in [-0.2, -0.15) is 0 Å². The van der Waals surface area contributed by atoms with Gasteiger partial charge in [0.2, 0.25) is 0 Å². The van der Waals surface area contributed by atoms with Gasteiger partial charge in [0.05, 0.1) is 0 Å². The second-order valence-corrected chi connectivity index (χ2v) is 8.45. The number of aryl methyl sites for hydroxylation is 1. The summed E-state index contributed by atoms with van der Waals surface area (Å²) in [5, 5.41) is 7.06. The van der Waals surface area contributed by atoms with Crippen LogP contribution < -0.4 is 15.5 Å². The lowest BCUT2D eigenvalue weighted by atomic mass is 10.0. The van der Waals surface area contributed by atoms with Gasteiger partial charge < -0.3 is 20.4 Å². The van der Waals surface area contributed by atoms with E-state index in [1.165, 1.54) is 11.3 Å². The normalized spacial score (nSPS) is 17.4. The number of guanidine groups is 1. The van der Waals surface area contributed by atoms with Gasteiger partial charge in [0.15, 0.2) is 5.96 Å². The van der Waals surface area contributed by atoms with Crippen molar-refractivity contribution in [3.63, 3.8) is 0 Å². The molecule has 1 aromatic carbocycles. The Bertz CT molecular complexity index is 622. The number of hydrogen-bond acceptors (Lipinski definition) is 4. The molecule has 1 heterocycles. The summed E-state index contributed by atoms with van der Waals surface area (Å²) in [5.74, 6) is 1.51. The molecule has 0 aromatic heterocycles. The molecule has 0 aliphatic carbocycles. The van der Waals surface area contributed by atoms with Crippen molar-refractivity contribution in [2.75, 3.05) is 71.4 Å². The van der Waals surface area contributed by atoms with Gasteiger partial charge in [-0.1, -0.05) is 26.0 Å². The average molecular weight is 403 g/mol. The number of hydrogen-bond donors (Lipinski definition) is 2. The van der Waals surface area contributed by atoms with E-state index in [4.69, 9.17) is 0 Å². The monoisotopic (exact) mass is 402 g/mol. The Morgan fingerprint density at radius 2 is 1.90 bits per heavy atom. The molecular weight excluding hydrogens is 360 g/mol. The van der Waals surface area contributed by atoms with Crippen LogP contribution in [0.25, 0.3) is 0 Å². The molecular formula is C23H42N6. The third-order valence-electron chi connectivity index (χ3n) is 5.90. The first-order valence-electron chi connectivity index (χ1n) is 11.1. The number of nitrogens with zero attached hydrogens (tertiary/aromatic N) is 4. The van der Waals surface area contributed by atoms with E-state index in [1.54, 1.807) is 0 Å². The molecule has 1 aliphatic rings. The molecule has 29 heavy (non-hydrogen) atoms. The first kappa shape index (κ1) is 23.5. The molecule has 1 fully saturated rings. The fourth-order valence-corrected chi connectivity index (χ4v) is 3.97. The van der Waals surface area contributed by atoms with Gasteiger partial charge in [-0.15, -0.1) is 0 Å². The fourth-order valence-electron chi connectivity index (χ4n) is 3.97. The highest BCUT2D eigenvalue weighted by Gasteiger charge is 2.25. The predicted molar refractivity (Wildman–Crippen MR) is 126 cm³/mol. The van der Waals surface area contributed by atoms with Crippen LogP contribution >= 0.6 is 0 Å². The first-order valence-corrected chi connectivity index (χ1v) is 11.1. The minimum Gasteiger partial charge on any atom is -0.370 e. The van der Waals surface area contributed by atoms with E-state index < -0.39 is 0 Å². The third kappa shape index (κ3) is 7.52. The molecule has 1 aromatic rings. The third-order valence-corrected chi connectivity index (χ3v) is 5.90. The van der Waals surface area contributed by atoms with Crippen molar-refractivity contribution >= 4 is 11.6 Å². The lowest BCUT2D eigenvalue weighted by molar-refractivity contribution is 0.0900. The van der Waals surface area contributed by atoms with Gasteiger partial charge in [0.25, 0.3) is 0 Å². The molecule has 0 radical (unpaired) electrons. The van der Waals surface area contributed by atoms with Crippen LogP contribution in [0, 0.1) is 12.8 Å². The van der Waals surface area contributed by atoms with E-state index in [9.17, 15) is 0 Å². The van der Waals surface area contributed by atoms with E-state index in [0.29, 0.717) is 12.0 Å². The topological polar surface area (TPSA) is 46.1 Å². The molecule has 0 bridgehead atoms. The maximum absolute atomic E-state index is 4.44. The van der Waals surface area contributed by atoms with Crippen molar-refractivity contribution in [3.05, 3.63) is 29.8 Å². The molecule has 2 N–H and O–H groups in total. The van der Waals surface area contributed by atoms with E-state index in [-0.39, 0.29) is 0 Å². The summed E-state index contributed by atoms with van der Waals surface area (Å²) in [6, 6.07) is 9.24. The van der Waals surface area contributed by atoms with Gasteiger partial charge in [-0.3, -0.25) is 9.89 Å². The summed E-state index contributed by atoms with van der Waals surface area (Å²) in [5.41, 5.74) is 2.59. The summed E-state index contributed by atoms with van der Waals surface area (Å²) >= 11 is 0. The van der Waals surface area contributed by atoms with Gasteiger partial charge in [-0.25, -0.2) is 0 Å². The Labute approximate surface area is 178 Å². The van der Waals surface area contributed by atoms with E-state index in [0.717, 1.165) is 58.3 Å². The average Bonchev–Trinajstić information content (AvgIpc) is 2.70. The highest BCUT2D eigenvalue weighted by molar-refractivity contribution is 5.79. The first-order chi connectivity index (χ1) is 13.9. The van der Waals surface area contributed by atoms with Crippen molar-refractivity contribution in [1.82, 2.24) is 20.4 Å². The SMILES string of the molecule is CCN(CCNC(=NC)NCC(C(C)C)N1CCN(C)CC1)c1cccc(C)c1. The summed E-state index contributed by atoms with van der Waals surface area (Å²) < 4.78 is 0. The Hall–Kier alpha value is -1.79. The van der Waals surface area contributed by atoms with Crippen LogP contribution in [0.5, 0.6) is 0 Å². The largest absolute Gasteiger partial charge is 0.370 e. The summed E-state index contributed by atoms with van der Waals surface area (Å²) in [6.07, 6.45) is 0. The Kier molecular flexibility index (Phi) is 9.74. The van der Waals surface area contributed by atoms with Crippen LogP contribution in [0.3, 0.4) is 0 Å². The quantitative estimate of drug-likeness (QED) is 0.490. The van der Waals surface area contributed by atoms with E-state index in [1.807, 2.05) is 7.05 Å². The van der Waals surface area contributed by atoms with Crippen molar-refractivity contribution in [3.8, 4) is 0 Å². The lowest BCUT2D eigenvalue weighted by Crippen LogP contribution is -2.55. The number of nitrogens with one attached hydrogen (secondary N) is 2. The fraction of sp³-hybridized carbons (Fsp3) is 0.696. The number of likely N-dealkylation sites (N-methyl/N-ethyl adjacent to an activating group) is 2. The zero-order chi connectivity index (χ0) is 21.2. The van der Waals surface area contributed by atoms with E-state index >= 15 is 0 Å². The molecule has 1 atom stereocenters. The number of rotatable bonds is 9. The Morgan fingerprint density at radius 3 is 2.48 bits per heavy atom. The zero-order valence-corrected chi connectivity index (χ0v) is 19.4. The van der Waals surface area contributed by atoms with Crippen LogP contribution in [0.2, 0.25) is 0 Å². The molecule has 1 unspecified atom stereocenters. The molecule has 6 heteroatoms. The molecule has 1 saturated heterocycles. The number of aliphatic imine (C=N–C) groups is 1. The second-order valence-electron chi connectivity index (χ2n) is 8.45. The molecule has 0 amide bonds. The molecule has 164 valence electrons. The molecule has 0 saturated carbocycles. The highest BCUT2D eigenvalue weighted by Crippen LogP contribution is 2.15. The van der Waals surface area contributed by atoms with Crippen LogP contribution in [0.1, 0.15) is 26.3 Å². The number of piperazine rings is 1. The molecule has 2 rings (SSSR count). The Morgan fingerprint density at radius 1 is 1.17 bits per heavy atom. The van der Waals surface area contributed by atoms with Crippen molar-refractivity contribution in [2.45, 2.75) is 33.7 Å². The summed E-state index contributed by atoms with van der Waals surface area (Å²) in [6.45, 7) is 17.3. The molecule has 6 nitrogen and oxygen atoms in total. The van der Waals surface area contributed by atoms with Crippen molar-refractivity contribution < 1.29 is 0 Å². The van der Waals surface area contributed by atoms with Crippen LogP contribution in [-0.2, 0) is 0 Å². The lowest BCUT2D eigenvalue weighted by Gasteiger charge is -2.40. The number of anilines is 1. The van der Waals surface area contributed by atoms with Crippen LogP contribution in [0.15, 0.2) is 29.3 Å². The van der Waals surface area contributed by atoms with Gasteiger partial charge in [-0.05, 0) is 44.5 Å². The smallest absolute Gasteiger partial charge is 0.191 e. The van der Waals surface area contributed by atoms with Gasteiger partial charge >= 0.3 is 0 Å². The minimum atomic E-state index is 0.529. The number of benzene rings is 1. The Balaban J connectivity index is 1.81. The molecule has 0 spiro atoms. The predicted octanol–water partition coefficient (Wildman–Crippen LogP) is 2.26. The standard InChI is InChI=1S/C23H42N6/c1-7-28(21-10-8-9-20(4)17-21)12-11-25-23(24-5)26-18-22(19(2)3)29-15-13-27(6)14-16-29/h8-10,17,19,22H,7,11-16,18H2,1-6H3,(H2,24,25,26). The van der Waals surface area contributed by atoms with Crippen molar-refractivity contribution in [2.24, 2.45) is 10.9 Å². The molecule has 1 aliphatic heterocycles. The highest BCUT2D eigenvalue weighted by atomic mass is 15.3. The van der Waals surface area contributed by atoms with Crippen LogP contribution in [0.4, 0.5) is 5.69 Å². The van der Waals surface area contributed by atoms with Gasteiger partial charge in [0.1, 0.15) is 0 Å². The second kappa shape index (κ2) is 12.0. The summed E-state index contributed by atoms with van der Waals surface area (Å²) in [7, 11) is 4.07. The minimum absolute atomic E-state index is 0.529. The maximum atomic E-state index is 4.44.